The zero-order chi connectivity index (χ0) is 21.4. The lowest BCUT2D eigenvalue weighted by Crippen LogP contribution is -2.55. The summed E-state index contributed by atoms with van der Waals surface area (Å²) in [6.07, 6.45) is 4.37. The van der Waals surface area contributed by atoms with Crippen LogP contribution in [-0.4, -0.2) is 63.8 Å². The van der Waals surface area contributed by atoms with Gasteiger partial charge in [-0.25, -0.2) is 4.79 Å². The Hall–Kier alpha value is -2.17. The number of fused-ring (bicyclic) bond motifs is 1. The Bertz CT molecular complexity index is 858. The topological polar surface area (TPSA) is 137 Å². The molecule has 2 aromatic rings. The molecule has 1 aromatic carbocycles. The van der Waals surface area contributed by atoms with Crippen LogP contribution in [0.2, 0.25) is 0 Å². The molecule has 0 aliphatic carbocycles. The number of thioether (sulfide) groups is 1. The quantitative estimate of drug-likeness (QED) is 0.287. The van der Waals surface area contributed by atoms with Crippen LogP contribution in [0, 0.1) is 0 Å². The first kappa shape index (κ1) is 23.1. The first-order chi connectivity index (χ1) is 13.9. The van der Waals surface area contributed by atoms with Crippen molar-refractivity contribution in [3.63, 3.8) is 0 Å². The average molecular weight is 439 g/mol. The number of carboxylic acid groups (broad SMARTS) is 1. The van der Waals surface area contributed by atoms with E-state index in [-0.39, 0.29) is 5.75 Å². The maximum atomic E-state index is 12.6. The van der Waals surface area contributed by atoms with Gasteiger partial charge in [0.15, 0.2) is 0 Å². The molecule has 0 radical (unpaired) electrons. The maximum absolute atomic E-state index is 12.6. The summed E-state index contributed by atoms with van der Waals surface area (Å²) in [5.74, 6) is -1.64. The van der Waals surface area contributed by atoms with Crippen molar-refractivity contribution in [1.29, 1.82) is 0 Å². The number of nitrogens with one attached hydrogen (secondary N) is 3. The summed E-state index contributed by atoms with van der Waals surface area (Å²) in [5, 5.41) is 15.2. The summed E-state index contributed by atoms with van der Waals surface area (Å²) in [6.45, 7) is 0. The minimum Gasteiger partial charge on any atom is -0.480 e. The molecule has 2 amide bonds. The fraction of sp³-hybridized carbons (Fsp3) is 0.421. The Labute approximate surface area is 178 Å². The van der Waals surface area contributed by atoms with Crippen LogP contribution in [0.15, 0.2) is 30.5 Å². The van der Waals surface area contributed by atoms with E-state index in [2.05, 4.69) is 28.2 Å². The highest BCUT2D eigenvalue weighted by Crippen LogP contribution is 2.18. The van der Waals surface area contributed by atoms with Gasteiger partial charge in [-0.2, -0.15) is 24.4 Å². The number of hydrogen-bond donors (Lipinski definition) is 6. The number of thiol groups is 1. The third-order valence-electron chi connectivity index (χ3n) is 4.49. The molecule has 29 heavy (non-hydrogen) atoms. The number of aliphatic carboxylic acids is 1. The average Bonchev–Trinajstić information content (AvgIpc) is 3.11. The molecule has 8 nitrogen and oxygen atoms in total. The molecule has 0 aliphatic heterocycles. The van der Waals surface area contributed by atoms with Crippen LogP contribution in [0.5, 0.6) is 0 Å². The molecule has 2 rings (SSSR count). The number of aromatic nitrogens is 1. The fourth-order valence-electron chi connectivity index (χ4n) is 2.87. The molecule has 3 atom stereocenters. The Morgan fingerprint density at radius 1 is 1.21 bits per heavy atom. The third-order valence-corrected chi connectivity index (χ3v) is 5.50. The molecule has 1 heterocycles. The Morgan fingerprint density at radius 3 is 2.55 bits per heavy atom. The first-order valence-electron chi connectivity index (χ1n) is 9.11. The second-order valence-corrected chi connectivity index (χ2v) is 7.95. The van der Waals surface area contributed by atoms with Crippen LogP contribution in [-0.2, 0) is 20.8 Å². The van der Waals surface area contributed by atoms with Gasteiger partial charge in [0.05, 0.1) is 6.04 Å². The van der Waals surface area contributed by atoms with E-state index in [9.17, 15) is 14.4 Å². The number of carbonyl (C=O) groups is 3. The summed E-state index contributed by atoms with van der Waals surface area (Å²) < 4.78 is 0. The van der Waals surface area contributed by atoms with Crippen molar-refractivity contribution >= 4 is 53.1 Å². The van der Waals surface area contributed by atoms with Crippen LogP contribution in [0.4, 0.5) is 0 Å². The lowest BCUT2D eigenvalue weighted by Gasteiger charge is -2.22. The van der Waals surface area contributed by atoms with Crippen molar-refractivity contribution in [2.24, 2.45) is 5.73 Å². The summed E-state index contributed by atoms with van der Waals surface area (Å²) in [4.78, 5) is 39.4. The number of nitrogens with two attached hydrogens (primary N) is 1. The van der Waals surface area contributed by atoms with Crippen LogP contribution >= 0.6 is 24.4 Å². The molecule has 158 valence electrons. The van der Waals surface area contributed by atoms with E-state index in [1.807, 2.05) is 36.7 Å². The Balaban J connectivity index is 2.03. The SMILES string of the molecule is CSCCC(NC(=O)C(N)Cc1c[nH]c2ccccc12)C(=O)NC(CS)C(=O)O. The van der Waals surface area contributed by atoms with Gasteiger partial charge < -0.3 is 26.5 Å². The number of aromatic amines is 1. The number of carbonyl (C=O) groups excluding carboxylic acids is 2. The number of rotatable bonds is 11. The molecule has 0 fully saturated rings. The van der Waals surface area contributed by atoms with Crippen LogP contribution in [0.1, 0.15) is 12.0 Å². The summed E-state index contributed by atoms with van der Waals surface area (Å²) in [5.41, 5.74) is 7.95. The largest absolute Gasteiger partial charge is 0.480 e. The standard InChI is InChI=1S/C19H26N4O4S2/c1-29-7-6-15(18(25)23-16(10-28)19(26)27)22-17(24)13(20)8-11-9-21-14-5-3-2-4-12(11)14/h2-5,9,13,15-16,21,28H,6-8,10,20H2,1H3,(H,22,24)(H,23,25)(H,26,27). The minimum atomic E-state index is -1.18. The molecule has 0 saturated carbocycles. The van der Waals surface area contributed by atoms with Crippen molar-refractivity contribution in [2.75, 3.05) is 17.8 Å². The van der Waals surface area contributed by atoms with E-state index in [4.69, 9.17) is 10.8 Å². The van der Waals surface area contributed by atoms with Crippen LogP contribution in [0.25, 0.3) is 10.9 Å². The van der Waals surface area contributed by atoms with Crippen LogP contribution < -0.4 is 16.4 Å². The van der Waals surface area contributed by atoms with Crippen molar-refractivity contribution < 1.29 is 19.5 Å². The molecule has 6 N–H and O–H groups in total. The molecule has 10 heteroatoms. The molecule has 0 bridgehead atoms. The highest BCUT2D eigenvalue weighted by atomic mass is 32.2. The van der Waals surface area contributed by atoms with E-state index < -0.39 is 35.9 Å². The van der Waals surface area contributed by atoms with E-state index in [1.54, 1.807) is 0 Å². The smallest absolute Gasteiger partial charge is 0.327 e. The van der Waals surface area contributed by atoms with Crippen LogP contribution in [0.3, 0.4) is 0 Å². The van der Waals surface area contributed by atoms with Crippen molar-refractivity contribution in [3.05, 3.63) is 36.0 Å². The molecule has 0 saturated heterocycles. The van der Waals surface area contributed by atoms with E-state index in [0.717, 1.165) is 16.5 Å². The molecular weight excluding hydrogens is 412 g/mol. The van der Waals surface area contributed by atoms with E-state index in [0.29, 0.717) is 18.6 Å². The normalized spacial score (nSPS) is 14.2. The summed E-state index contributed by atoms with van der Waals surface area (Å²) >= 11 is 5.46. The number of H-pyrrole nitrogens is 1. The third kappa shape index (κ3) is 6.41. The second kappa shape index (κ2) is 11.1. The number of para-hydroxylation sites is 1. The number of benzene rings is 1. The predicted octanol–water partition coefficient (Wildman–Crippen LogP) is 0.775. The first-order valence-corrected chi connectivity index (χ1v) is 11.1. The van der Waals surface area contributed by atoms with Crippen molar-refractivity contribution in [3.8, 4) is 0 Å². The molecule has 0 spiro atoms. The number of amides is 2. The lowest BCUT2D eigenvalue weighted by molar-refractivity contribution is -0.141. The van der Waals surface area contributed by atoms with Gasteiger partial charge in [0.1, 0.15) is 12.1 Å². The summed E-state index contributed by atoms with van der Waals surface area (Å²) in [7, 11) is 0. The molecule has 3 unspecified atom stereocenters. The van der Waals surface area contributed by atoms with Gasteiger partial charge in [-0.1, -0.05) is 18.2 Å². The zero-order valence-corrected chi connectivity index (χ0v) is 17.8. The predicted molar refractivity (Wildman–Crippen MR) is 118 cm³/mol. The highest BCUT2D eigenvalue weighted by Gasteiger charge is 2.27. The lowest BCUT2D eigenvalue weighted by atomic mass is 10.0. The molecule has 1 aromatic heterocycles. The highest BCUT2D eigenvalue weighted by molar-refractivity contribution is 7.98. The van der Waals surface area contributed by atoms with E-state index >= 15 is 0 Å². The fourth-order valence-corrected chi connectivity index (χ4v) is 3.59. The van der Waals surface area contributed by atoms with Gasteiger partial charge in [-0.15, -0.1) is 0 Å². The maximum Gasteiger partial charge on any atom is 0.327 e. The summed E-state index contributed by atoms with van der Waals surface area (Å²) in [6, 6.07) is 4.87. The van der Waals surface area contributed by atoms with E-state index in [1.165, 1.54) is 11.8 Å². The van der Waals surface area contributed by atoms with Gasteiger partial charge in [-0.05, 0) is 36.5 Å². The molecule has 0 aliphatic rings. The Kier molecular flexibility index (Phi) is 8.87. The van der Waals surface area contributed by atoms with Gasteiger partial charge in [0.25, 0.3) is 0 Å². The number of hydrogen-bond acceptors (Lipinski definition) is 6. The van der Waals surface area contributed by atoms with Gasteiger partial charge in [0.2, 0.25) is 11.8 Å². The monoisotopic (exact) mass is 438 g/mol. The van der Waals surface area contributed by atoms with Crippen molar-refractivity contribution in [1.82, 2.24) is 15.6 Å². The van der Waals surface area contributed by atoms with Crippen molar-refractivity contribution in [2.45, 2.75) is 31.0 Å². The number of carboxylic acids is 1. The van der Waals surface area contributed by atoms with Gasteiger partial charge in [0, 0.05) is 22.9 Å². The minimum absolute atomic E-state index is 0.0512. The van der Waals surface area contributed by atoms with Gasteiger partial charge in [-0.3, -0.25) is 9.59 Å². The molecular formula is C19H26N4O4S2. The van der Waals surface area contributed by atoms with Gasteiger partial charge >= 0.3 is 5.97 Å². The zero-order valence-electron chi connectivity index (χ0n) is 16.1. The second-order valence-electron chi connectivity index (χ2n) is 6.59. The Morgan fingerprint density at radius 2 is 1.90 bits per heavy atom.